The van der Waals surface area contributed by atoms with Crippen molar-refractivity contribution in [3.05, 3.63) is 24.2 Å². The summed E-state index contributed by atoms with van der Waals surface area (Å²) >= 11 is 0. The lowest BCUT2D eigenvalue weighted by Crippen LogP contribution is -2.35. The molecule has 1 N–H and O–H groups in total. The van der Waals surface area contributed by atoms with Crippen LogP contribution in [0.5, 0.6) is 0 Å². The largest absolute Gasteiger partial charge is 0.468 e. The number of hydrogen-bond donors (Lipinski definition) is 1. The molecule has 19 heavy (non-hydrogen) atoms. The topological polar surface area (TPSA) is 25.2 Å². The molecule has 2 saturated carbocycles. The molecule has 1 aromatic rings. The summed E-state index contributed by atoms with van der Waals surface area (Å²) in [4.78, 5) is 0. The van der Waals surface area contributed by atoms with Crippen molar-refractivity contribution in [1.82, 2.24) is 5.32 Å². The zero-order valence-electron chi connectivity index (χ0n) is 12.1. The fourth-order valence-corrected chi connectivity index (χ4v) is 4.40. The van der Waals surface area contributed by atoms with Gasteiger partial charge in [-0.25, -0.2) is 0 Å². The first-order valence-electron chi connectivity index (χ1n) is 8.15. The molecule has 3 rings (SSSR count). The molecule has 0 bridgehead atoms. The quantitative estimate of drug-likeness (QED) is 0.861. The monoisotopic (exact) mass is 261 g/mol. The van der Waals surface area contributed by atoms with E-state index in [0.717, 1.165) is 30.1 Å². The Kier molecular flexibility index (Phi) is 4.27. The highest BCUT2D eigenvalue weighted by Gasteiger charge is 2.36. The Hall–Kier alpha value is -0.760. The minimum absolute atomic E-state index is 0.433. The highest BCUT2D eigenvalue weighted by atomic mass is 16.3. The summed E-state index contributed by atoms with van der Waals surface area (Å²) in [6.45, 7) is 3.22. The molecule has 4 atom stereocenters. The van der Waals surface area contributed by atoms with E-state index in [1.165, 1.54) is 44.9 Å². The fourth-order valence-electron chi connectivity index (χ4n) is 4.40. The van der Waals surface area contributed by atoms with Gasteiger partial charge in [0, 0.05) is 0 Å². The molecule has 0 aromatic carbocycles. The summed E-state index contributed by atoms with van der Waals surface area (Å²) in [5, 5.41) is 3.66. The van der Waals surface area contributed by atoms with Gasteiger partial charge < -0.3 is 9.73 Å². The maximum atomic E-state index is 5.67. The van der Waals surface area contributed by atoms with E-state index < -0.39 is 0 Å². The predicted molar refractivity (Wildman–Crippen MR) is 77.9 cm³/mol. The van der Waals surface area contributed by atoms with Crippen molar-refractivity contribution >= 4 is 0 Å². The van der Waals surface area contributed by atoms with E-state index in [9.17, 15) is 0 Å². The second-order valence-corrected chi connectivity index (χ2v) is 6.43. The Balaban J connectivity index is 1.69. The SMILES string of the molecule is CCNC(c1ccco1)C1CCC2CCCCC2C1. The lowest BCUT2D eigenvalue weighted by molar-refractivity contribution is 0.104. The molecule has 2 fully saturated rings. The first kappa shape index (κ1) is 13.2. The zero-order valence-corrected chi connectivity index (χ0v) is 12.1. The number of nitrogens with one attached hydrogen (secondary N) is 1. The van der Waals surface area contributed by atoms with Crippen LogP contribution in [0.25, 0.3) is 0 Å². The molecule has 0 radical (unpaired) electrons. The first-order valence-corrected chi connectivity index (χ1v) is 8.15. The van der Waals surface area contributed by atoms with Crippen LogP contribution in [-0.2, 0) is 0 Å². The predicted octanol–water partition coefficient (Wildman–Crippen LogP) is 4.54. The first-order chi connectivity index (χ1) is 9.38. The van der Waals surface area contributed by atoms with Gasteiger partial charge in [0.1, 0.15) is 5.76 Å². The van der Waals surface area contributed by atoms with Gasteiger partial charge in [0.25, 0.3) is 0 Å². The third-order valence-corrected chi connectivity index (χ3v) is 5.33. The van der Waals surface area contributed by atoms with Gasteiger partial charge in [-0.05, 0) is 55.7 Å². The molecule has 0 saturated heterocycles. The normalized spacial score (nSPS) is 32.8. The zero-order chi connectivity index (χ0) is 13.1. The van der Waals surface area contributed by atoms with Crippen LogP contribution < -0.4 is 5.32 Å². The molecule has 2 heteroatoms. The Bertz CT molecular complexity index is 373. The molecular formula is C17H27NO. The van der Waals surface area contributed by atoms with Crippen LogP contribution in [0.2, 0.25) is 0 Å². The molecule has 106 valence electrons. The Morgan fingerprint density at radius 2 is 2.05 bits per heavy atom. The van der Waals surface area contributed by atoms with Crippen molar-refractivity contribution in [3.63, 3.8) is 0 Å². The lowest BCUT2D eigenvalue weighted by Gasteiger charge is -2.41. The molecule has 1 aromatic heterocycles. The van der Waals surface area contributed by atoms with E-state index in [1.54, 1.807) is 0 Å². The summed E-state index contributed by atoms with van der Waals surface area (Å²) in [5.41, 5.74) is 0. The molecule has 2 nitrogen and oxygen atoms in total. The van der Waals surface area contributed by atoms with E-state index >= 15 is 0 Å². The summed E-state index contributed by atoms with van der Waals surface area (Å²) in [6.07, 6.45) is 11.9. The number of hydrogen-bond acceptors (Lipinski definition) is 2. The van der Waals surface area contributed by atoms with Gasteiger partial charge >= 0.3 is 0 Å². The Morgan fingerprint density at radius 1 is 1.21 bits per heavy atom. The number of fused-ring (bicyclic) bond motifs is 1. The average Bonchev–Trinajstić information content (AvgIpc) is 2.98. The minimum Gasteiger partial charge on any atom is -0.468 e. The standard InChI is InChI=1S/C17H27NO/c1-2-18-17(16-8-5-11-19-16)15-10-9-13-6-3-4-7-14(13)12-15/h5,8,11,13-15,17-18H,2-4,6-7,9-10,12H2,1H3. The third kappa shape index (κ3) is 2.89. The van der Waals surface area contributed by atoms with Crippen LogP contribution in [0.1, 0.15) is 63.7 Å². The van der Waals surface area contributed by atoms with Gasteiger partial charge in [-0.1, -0.05) is 32.6 Å². The fraction of sp³-hybridized carbons (Fsp3) is 0.765. The van der Waals surface area contributed by atoms with Crippen molar-refractivity contribution in [2.45, 2.75) is 57.9 Å². The van der Waals surface area contributed by atoms with Crippen LogP contribution in [0.3, 0.4) is 0 Å². The van der Waals surface area contributed by atoms with Gasteiger partial charge in [-0.3, -0.25) is 0 Å². The Morgan fingerprint density at radius 3 is 2.79 bits per heavy atom. The van der Waals surface area contributed by atoms with E-state index in [1.807, 2.05) is 12.3 Å². The number of rotatable bonds is 4. The maximum Gasteiger partial charge on any atom is 0.120 e. The highest BCUT2D eigenvalue weighted by Crippen LogP contribution is 2.46. The van der Waals surface area contributed by atoms with Gasteiger partial charge in [-0.15, -0.1) is 0 Å². The summed E-state index contributed by atoms with van der Waals surface area (Å²) in [6, 6.07) is 4.59. The van der Waals surface area contributed by atoms with Gasteiger partial charge in [0.2, 0.25) is 0 Å². The second-order valence-electron chi connectivity index (χ2n) is 6.43. The molecule has 0 amide bonds. The minimum atomic E-state index is 0.433. The highest BCUT2D eigenvalue weighted by molar-refractivity contribution is 5.07. The van der Waals surface area contributed by atoms with Crippen molar-refractivity contribution in [3.8, 4) is 0 Å². The summed E-state index contributed by atoms with van der Waals surface area (Å²) < 4.78 is 5.67. The van der Waals surface area contributed by atoms with Crippen LogP contribution in [0, 0.1) is 17.8 Å². The van der Waals surface area contributed by atoms with Crippen LogP contribution in [-0.4, -0.2) is 6.54 Å². The molecule has 4 unspecified atom stereocenters. The molecule has 0 aliphatic heterocycles. The van der Waals surface area contributed by atoms with Gasteiger partial charge in [0.15, 0.2) is 0 Å². The van der Waals surface area contributed by atoms with Crippen LogP contribution in [0.4, 0.5) is 0 Å². The smallest absolute Gasteiger partial charge is 0.120 e. The molecule has 0 spiro atoms. The van der Waals surface area contributed by atoms with Crippen molar-refractivity contribution in [2.24, 2.45) is 17.8 Å². The molecular weight excluding hydrogens is 234 g/mol. The molecule has 1 heterocycles. The summed E-state index contributed by atoms with van der Waals surface area (Å²) in [7, 11) is 0. The third-order valence-electron chi connectivity index (χ3n) is 5.33. The lowest BCUT2D eigenvalue weighted by atomic mass is 9.66. The molecule has 2 aliphatic rings. The summed E-state index contributed by atoms with van der Waals surface area (Å²) in [5.74, 6) is 3.93. The van der Waals surface area contributed by atoms with E-state index in [0.29, 0.717) is 6.04 Å². The van der Waals surface area contributed by atoms with Crippen LogP contribution >= 0.6 is 0 Å². The van der Waals surface area contributed by atoms with Crippen molar-refractivity contribution < 1.29 is 4.42 Å². The maximum absolute atomic E-state index is 5.67. The van der Waals surface area contributed by atoms with E-state index in [2.05, 4.69) is 18.3 Å². The second kappa shape index (κ2) is 6.13. The van der Waals surface area contributed by atoms with Crippen molar-refractivity contribution in [1.29, 1.82) is 0 Å². The van der Waals surface area contributed by atoms with Crippen molar-refractivity contribution in [2.75, 3.05) is 6.54 Å². The van der Waals surface area contributed by atoms with Gasteiger partial charge in [-0.2, -0.15) is 0 Å². The molecule has 2 aliphatic carbocycles. The van der Waals surface area contributed by atoms with Gasteiger partial charge in [0.05, 0.1) is 12.3 Å². The Labute approximate surface area is 117 Å². The van der Waals surface area contributed by atoms with E-state index in [-0.39, 0.29) is 0 Å². The van der Waals surface area contributed by atoms with E-state index in [4.69, 9.17) is 4.42 Å². The van der Waals surface area contributed by atoms with Crippen LogP contribution in [0.15, 0.2) is 22.8 Å². The number of furan rings is 1. The average molecular weight is 261 g/mol.